The number of benzene rings is 1. The number of carbonyl (C=O) groups excluding carboxylic acids is 1. The first-order chi connectivity index (χ1) is 9.08. The Morgan fingerprint density at radius 1 is 1.26 bits per heavy atom. The van der Waals surface area contributed by atoms with E-state index < -0.39 is 0 Å². The summed E-state index contributed by atoms with van der Waals surface area (Å²) in [4.78, 5) is 12.5. The molecule has 0 atom stereocenters. The second-order valence-electron chi connectivity index (χ2n) is 4.61. The van der Waals surface area contributed by atoms with Gasteiger partial charge in [-0.05, 0) is 40.5 Å². The summed E-state index contributed by atoms with van der Waals surface area (Å²) in [6, 6.07) is 7.77. The molecule has 3 aromatic rings. The quantitative estimate of drug-likeness (QED) is 0.668. The number of hydrogen-bond donors (Lipinski definition) is 0. The van der Waals surface area contributed by atoms with Crippen molar-refractivity contribution in [1.29, 1.82) is 0 Å². The molecule has 96 valence electrons. The van der Waals surface area contributed by atoms with E-state index in [0.717, 1.165) is 10.9 Å². The highest BCUT2D eigenvalue weighted by molar-refractivity contribution is 9.10. The van der Waals surface area contributed by atoms with Gasteiger partial charge in [0.25, 0.3) is 0 Å². The number of rotatable bonds is 2. The zero-order valence-corrected chi connectivity index (χ0v) is 12.2. The van der Waals surface area contributed by atoms with Gasteiger partial charge in [0.2, 0.25) is 0 Å². The number of ketones is 1. The molecule has 0 aliphatic carbocycles. The van der Waals surface area contributed by atoms with Crippen LogP contribution in [0.2, 0.25) is 0 Å². The summed E-state index contributed by atoms with van der Waals surface area (Å²) in [5.41, 5.74) is 3.48. The van der Waals surface area contributed by atoms with Crippen LogP contribution in [0.5, 0.6) is 0 Å². The van der Waals surface area contributed by atoms with Crippen LogP contribution in [0.4, 0.5) is 0 Å². The number of hydrogen-bond acceptors (Lipinski definition) is 2. The van der Waals surface area contributed by atoms with Crippen LogP contribution in [0.15, 0.2) is 45.8 Å². The van der Waals surface area contributed by atoms with E-state index in [0.29, 0.717) is 15.8 Å². The number of fused-ring (bicyclic) bond motifs is 1. The molecule has 3 nitrogen and oxygen atoms in total. The highest BCUT2D eigenvalue weighted by Crippen LogP contribution is 2.27. The molecule has 0 unspecified atom stereocenters. The monoisotopic (exact) mass is 317 g/mol. The average molecular weight is 318 g/mol. The third kappa shape index (κ3) is 1.92. The molecule has 4 heteroatoms. The van der Waals surface area contributed by atoms with Crippen molar-refractivity contribution in [3.05, 3.63) is 58.1 Å². The number of halogens is 1. The molecular weight excluding hydrogens is 306 g/mol. The lowest BCUT2D eigenvalue weighted by Gasteiger charge is -1.98. The van der Waals surface area contributed by atoms with Gasteiger partial charge < -0.3 is 8.98 Å². The third-order valence-electron chi connectivity index (χ3n) is 3.25. The van der Waals surface area contributed by atoms with Gasteiger partial charge >= 0.3 is 0 Å². The molecule has 1 aromatic carbocycles. The predicted octanol–water partition coefficient (Wildman–Crippen LogP) is 4.07. The lowest BCUT2D eigenvalue weighted by atomic mass is 10.0. The second kappa shape index (κ2) is 4.38. The van der Waals surface area contributed by atoms with Crippen molar-refractivity contribution in [3.8, 4) is 0 Å². The average Bonchev–Trinajstić information content (AvgIpc) is 2.94. The largest absolute Gasteiger partial charge is 0.457 e. The zero-order chi connectivity index (χ0) is 13.6. The van der Waals surface area contributed by atoms with Crippen molar-refractivity contribution in [2.24, 2.45) is 7.05 Å². The van der Waals surface area contributed by atoms with Gasteiger partial charge in [-0.3, -0.25) is 4.79 Å². The fourth-order valence-corrected chi connectivity index (χ4v) is 2.70. The van der Waals surface area contributed by atoms with Crippen LogP contribution in [0.1, 0.15) is 21.5 Å². The number of furan rings is 1. The van der Waals surface area contributed by atoms with Crippen molar-refractivity contribution < 1.29 is 9.21 Å². The Bertz CT molecular complexity index is 783. The lowest BCUT2D eigenvalue weighted by molar-refractivity contribution is 0.103. The minimum absolute atomic E-state index is 0.0323. The van der Waals surface area contributed by atoms with E-state index in [2.05, 4.69) is 22.0 Å². The minimum Gasteiger partial charge on any atom is -0.457 e. The number of carbonyl (C=O) groups is 1. The standard InChI is InChI=1S/C15H12BrNO2/c1-9-3-4-10-12(8-17(2)13(10)7-9)14(18)11-5-6-19-15(11)16/h3-8H,1-2H3. The van der Waals surface area contributed by atoms with E-state index >= 15 is 0 Å². The molecule has 0 amide bonds. The maximum Gasteiger partial charge on any atom is 0.199 e. The summed E-state index contributed by atoms with van der Waals surface area (Å²) >= 11 is 3.25. The Labute approximate surface area is 119 Å². The molecule has 0 bridgehead atoms. The fourth-order valence-electron chi connectivity index (χ4n) is 2.28. The molecule has 2 heterocycles. The van der Waals surface area contributed by atoms with Crippen LogP contribution in [0, 0.1) is 6.92 Å². The van der Waals surface area contributed by atoms with Gasteiger partial charge in [0, 0.05) is 29.7 Å². The highest BCUT2D eigenvalue weighted by Gasteiger charge is 2.19. The number of nitrogens with zero attached hydrogens (tertiary/aromatic N) is 1. The summed E-state index contributed by atoms with van der Waals surface area (Å²) < 4.78 is 7.58. The first-order valence-corrected chi connectivity index (χ1v) is 6.70. The molecule has 0 saturated heterocycles. The summed E-state index contributed by atoms with van der Waals surface area (Å²) in [7, 11) is 1.95. The molecular formula is C15H12BrNO2. The summed E-state index contributed by atoms with van der Waals surface area (Å²) in [6.45, 7) is 2.04. The van der Waals surface area contributed by atoms with E-state index in [1.165, 1.54) is 11.8 Å². The van der Waals surface area contributed by atoms with Gasteiger partial charge in [0.05, 0.1) is 11.8 Å². The number of aromatic nitrogens is 1. The molecule has 0 aliphatic heterocycles. The summed E-state index contributed by atoms with van der Waals surface area (Å²) in [6.07, 6.45) is 3.37. The van der Waals surface area contributed by atoms with Crippen LogP contribution in [-0.4, -0.2) is 10.4 Å². The van der Waals surface area contributed by atoms with E-state index in [9.17, 15) is 4.79 Å². The maximum atomic E-state index is 12.5. The molecule has 0 fully saturated rings. The van der Waals surface area contributed by atoms with E-state index in [1.807, 2.05) is 36.9 Å². The van der Waals surface area contributed by atoms with Crippen molar-refractivity contribution in [2.75, 3.05) is 0 Å². The normalized spacial score (nSPS) is 11.1. The maximum absolute atomic E-state index is 12.5. The predicted molar refractivity (Wildman–Crippen MR) is 77.5 cm³/mol. The Morgan fingerprint density at radius 2 is 2.05 bits per heavy atom. The summed E-state index contributed by atoms with van der Waals surface area (Å²) in [5, 5.41) is 0.964. The Balaban J connectivity index is 2.21. The molecule has 0 aliphatic rings. The van der Waals surface area contributed by atoms with Crippen LogP contribution in [0.25, 0.3) is 10.9 Å². The van der Waals surface area contributed by atoms with Crippen LogP contribution in [0.3, 0.4) is 0 Å². The molecule has 0 spiro atoms. The van der Waals surface area contributed by atoms with Gasteiger partial charge in [-0.1, -0.05) is 12.1 Å². The topological polar surface area (TPSA) is 35.1 Å². The van der Waals surface area contributed by atoms with Crippen molar-refractivity contribution in [3.63, 3.8) is 0 Å². The second-order valence-corrected chi connectivity index (χ2v) is 5.33. The van der Waals surface area contributed by atoms with Gasteiger partial charge in [0.1, 0.15) is 0 Å². The van der Waals surface area contributed by atoms with E-state index in [1.54, 1.807) is 6.07 Å². The van der Waals surface area contributed by atoms with Crippen LogP contribution in [-0.2, 0) is 7.05 Å². The molecule has 0 N–H and O–H groups in total. The highest BCUT2D eigenvalue weighted by atomic mass is 79.9. The van der Waals surface area contributed by atoms with E-state index in [-0.39, 0.29) is 5.78 Å². The third-order valence-corrected chi connectivity index (χ3v) is 3.87. The van der Waals surface area contributed by atoms with Gasteiger partial charge in [-0.15, -0.1) is 0 Å². The molecule has 2 aromatic heterocycles. The SMILES string of the molecule is Cc1ccc2c(C(=O)c3ccoc3Br)cn(C)c2c1. The van der Waals surface area contributed by atoms with Crippen LogP contribution >= 0.6 is 15.9 Å². The first-order valence-electron chi connectivity index (χ1n) is 5.91. The minimum atomic E-state index is -0.0323. The first kappa shape index (κ1) is 12.2. The molecule has 19 heavy (non-hydrogen) atoms. The molecule has 0 saturated carbocycles. The molecule has 3 rings (SSSR count). The van der Waals surface area contributed by atoms with E-state index in [4.69, 9.17) is 4.42 Å². The van der Waals surface area contributed by atoms with Crippen molar-refractivity contribution in [1.82, 2.24) is 4.57 Å². The van der Waals surface area contributed by atoms with Crippen molar-refractivity contribution in [2.45, 2.75) is 6.92 Å². The van der Waals surface area contributed by atoms with Crippen LogP contribution < -0.4 is 0 Å². The van der Waals surface area contributed by atoms with Gasteiger partial charge in [-0.25, -0.2) is 0 Å². The lowest BCUT2D eigenvalue weighted by Crippen LogP contribution is -1.99. The zero-order valence-electron chi connectivity index (χ0n) is 10.6. The molecule has 0 radical (unpaired) electrons. The Morgan fingerprint density at radius 3 is 2.74 bits per heavy atom. The van der Waals surface area contributed by atoms with Crippen molar-refractivity contribution >= 4 is 32.6 Å². The van der Waals surface area contributed by atoms with Gasteiger partial charge in [-0.2, -0.15) is 0 Å². The number of aryl methyl sites for hydroxylation is 2. The summed E-state index contributed by atoms with van der Waals surface area (Å²) in [5.74, 6) is -0.0323. The Hall–Kier alpha value is -1.81. The van der Waals surface area contributed by atoms with Gasteiger partial charge in [0.15, 0.2) is 10.5 Å². The fraction of sp³-hybridized carbons (Fsp3) is 0.133. The smallest absolute Gasteiger partial charge is 0.199 e. The Kier molecular flexibility index (Phi) is 2.82.